The Morgan fingerprint density at radius 3 is 2.71 bits per heavy atom. The van der Waals surface area contributed by atoms with E-state index in [9.17, 15) is 4.79 Å². The summed E-state index contributed by atoms with van der Waals surface area (Å²) in [6.45, 7) is 4.09. The molecule has 2 atom stereocenters. The number of benzene rings is 2. The summed E-state index contributed by atoms with van der Waals surface area (Å²) in [5, 5.41) is 0.727. The van der Waals surface area contributed by atoms with Gasteiger partial charge in [-0.1, -0.05) is 29.8 Å². The highest BCUT2D eigenvalue weighted by molar-refractivity contribution is 6.30. The fraction of sp³-hybridized carbons (Fsp3) is 0.308. The summed E-state index contributed by atoms with van der Waals surface area (Å²) in [4.78, 5) is 19.9. The molecular weight excluding hydrogens is 406 g/mol. The molecule has 5 rings (SSSR count). The quantitative estimate of drug-likeness (QED) is 0.473. The van der Waals surface area contributed by atoms with E-state index in [1.54, 1.807) is 0 Å². The van der Waals surface area contributed by atoms with Crippen LogP contribution in [0.2, 0.25) is 5.02 Å². The lowest BCUT2D eigenvalue weighted by molar-refractivity contribution is -0.131. The van der Waals surface area contributed by atoms with E-state index >= 15 is 0 Å². The average Bonchev–Trinajstić information content (AvgIpc) is 3.37. The number of halogens is 1. The molecule has 2 aliphatic heterocycles. The monoisotopic (exact) mass is 431 g/mol. The van der Waals surface area contributed by atoms with Crippen molar-refractivity contribution in [2.24, 2.45) is 0 Å². The van der Waals surface area contributed by atoms with Crippen LogP contribution in [0.3, 0.4) is 0 Å². The largest absolute Gasteiger partial charge is 0.329 e. The van der Waals surface area contributed by atoms with Crippen molar-refractivity contribution < 1.29 is 4.79 Å². The number of carbonyl (C=O) groups is 1. The van der Waals surface area contributed by atoms with Gasteiger partial charge in [0.05, 0.1) is 18.1 Å². The summed E-state index contributed by atoms with van der Waals surface area (Å²) < 4.78 is 2.04. The van der Waals surface area contributed by atoms with Gasteiger partial charge in [0.25, 0.3) is 5.91 Å². The van der Waals surface area contributed by atoms with Crippen molar-refractivity contribution in [1.29, 1.82) is 0 Å². The van der Waals surface area contributed by atoms with Gasteiger partial charge in [0.1, 0.15) is 0 Å². The van der Waals surface area contributed by atoms with Gasteiger partial charge in [-0.15, -0.1) is 0 Å². The Labute approximate surface area is 188 Å². The number of rotatable bonds is 3. The number of aromatic nitrogens is 2. The summed E-state index contributed by atoms with van der Waals surface area (Å²) in [6, 6.07) is 14.7. The lowest BCUT2D eigenvalue weighted by Gasteiger charge is -2.35. The van der Waals surface area contributed by atoms with Crippen molar-refractivity contribution in [3.63, 3.8) is 0 Å². The zero-order valence-corrected chi connectivity index (χ0v) is 18.6. The van der Waals surface area contributed by atoms with Gasteiger partial charge in [-0.25, -0.2) is 4.98 Å². The molecule has 3 heterocycles. The van der Waals surface area contributed by atoms with Crippen LogP contribution in [0, 0.1) is 13.8 Å². The molecule has 0 radical (unpaired) electrons. The van der Waals surface area contributed by atoms with Crippen molar-refractivity contribution in [2.45, 2.75) is 51.6 Å². The summed E-state index contributed by atoms with van der Waals surface area (Å²) >= 11 is 6.22. The number of fused-ring (bicyclic) bond motifs is 1. The van der Waals surface area contributed by atoms with Gasteiger partial charge in [-0.2, -0.15) is 0 Å². The van der Waals surface area contributed by atoms with E-state index in [1.807, 2.05) is 42.2 Å². The highest BCUT2D eigenvalue weighted by Gasteiger charge is 2.41. The second kappa shape index (κ2) is 8.01. The van der Waals surface area contributed by atoms with Crippen LogP contribution in [0.15, 0.2) is 60.6 Å². The number of nitrogens with zero attached hydrogens (tertiary/aromatic N) is 3. The van der Waals surface area contributed by atoms with Crippen LogP contribution in [0.25, 0.3) is 11.8 Å². The Hall–Kier alpha value is -2.85. The van der Waals surface area contributed by atoms with Crippen molar-refractivity contribution in [2.75, 3.05) is 0 Å². The Balaban J connectivity index is 1.42. The van der Waals surface area contributed by atoms with Gasteiger partial charge >= 0.3 is 0 Å². The van der Waals surface area contributed by atoms with Crippen LogP contribution in [0.5, 0.6) is 0 Å². The van der Waals surface area contributed by atoms with Gasteiger partial charge in [-0.3, -0.25) is 4.79 Å². The third-order valence-electron chi connectivity index (χ3n) is 6.54. The number of carbonyl (C=O) groups excluding carboxylic acids is 1. The fourth-order valence-electron chi connectivity index (χ4n) is 5.06. The van der Waals surface area contributed by atoms with Crippen LogP contribution < -0.4 is 0 Å². The maximum atomic E-state index is 13.5. The lowest BCUT2D eigenvalue weighted by Crippen LogP contribution is -2.41. The average molecular weight is 432 g/mol. The fourth-order valence-corrected chi connectivity index (χ4v) is 5.25. The summed E-state index contributed by atoms with van der Waals surface area (Å²) in [7, 11) is 0. The molecule has 2 aliphatic rings. The van der Waals surface area contributed by atoms with Gasteiger partial charge in [0.2, 0.25) is 0 Å². The number of imidazole rings is 1. The first kappa shape index (κ1) is 20.1. The molecular formula is C26H26ClN3O. The molecule has 2 fully saturated rings. The minimum absolute atomic E-state index is 0.119. The molecule has 4 nitrogen and oxygen atoms in total. The Bertz CT molecular complexity index is 1180. The van der Waals surface area contributed by atoms with E-state index in [1.165, 1.54) is 0 Å². The van der Waals surface area contributed by atoms with Crippen molar-refractivity contribution in [3.05, 3.63) is 88.0 Å². The first-order chi connectivity index (χ1) is 15.0. The Morgan fingerprint density at radius 1 is 1.10 bits per heavy atom. The van der Waals surface area contributed by atoms with Gasteiger partial charge < -0.3 is 9.47 Å². The molecule has 2 saturated heterocycles. The topological polar surface area (TPSA) is 38.1 Å². The van der Waals surface area contributed by atoms with Crippen molar-refractivity contribution >= 4 is 23.6 Å². The zero-order chi connectivity index (χ0) is 21.5. The van der Waals surface area contributed by atoms with Gasteiger partial charge in [-0.05, 0) is 86.6 Å². The van der Waals surface area contributed by atoms with E-state index in [-0.39, 0.29) is 11.9 Å². The highest BCUT2D eigenvalue weighted by Crippen LogP contribution is 2.43. The van der Waals surface area contributed by atoms with Crippen LogP contribution in [-0.4, -0.2) is 26.4 Å². The van der Waals surface area contributed by atoms with Crippen LogP contribution in [-0.2, 0) is 4.79 Å². The molecule has 0 saturated carbocycles. The van der Waals surface area contributed by atoms with Crippen LogP contribution in [0.4, 0.5) is 0 Å². The van der Waals surface area contributed by atoms with E-state index in [0.717, 1.165) is 64.4 Å². The van der Waals surface area contributed by atoms with Crippen LogP contribution in [0.1, 0.15) is 54.1 Å². The minimum atomic E-state index is 0.119. The first-order valence-corrected chi connectivity index (χ1v) is 11.3. The smallest absolute Gasteiger partial charge is 0.250 e. The standard InChI is InChI=1S/C26H26ClN3O/c1-17-12-19(6-10-24(17)29-15-18(2)28-16-29)13-21-7-8-23-9-11-25(30(23)26(21)31)20-4-3-5-22(27)14-20/h3-6,10,12-16,23,25H,7-9,11H2,1-2H3/b21-13+/t23-,25-/m0/s1. The van der Waals surface area contributed by atoms with Crippen LogP contribution >= 0.6 is 11.6 Å². The second-order valence-corrected chi connectivity index (χ2v) is 9.13. The normalized spacial score (nSPS) is 22.2. The zero-order valence-electron chi connectivity index (χ0n) is 17.9. The third-order valence-corrected chi connectivity index (χ3v) is 6.78. The number of piperidine rings is 1. The SMILES string of the molecule is Cc1cn(-c2ccc(/C=C3\CC[C@H]4CC[C@@H](c5cccc(Cl)c5)N4C3=O)cc2C)cn1. The first-order valence-electron chi connectivity index (χ1n) is 10.9. The molecule has 1 aromatic heterocycles. The highest BCUT2D eigenvalue weighted by atomic mass is 35.5. The van der Waals surface area contributed by atoms with E-state index in [4.69, 9.17) is 11.6 Å². The van der Waals surface area contributed by atoms with Crippen molar-refractivity contribution in [1.82, 2.24) is 14.5 Å². The molecule has 158 valence electrons. The molecule has 0 bridgehead atoms. The Morgan fingerprint density at radius 2 is 1.97 bits per heavy atom. The maximum Gasteiger partial charge on any atom is 0.250 e. The predicted molar refractivity (Wildman–Crippen MR) is 124 cm³/mol. The summed E-state index contributed by atoms with van der Waals surface area (Å²) in [5.41, 5.74) is 6.37. The summed E-state index contributed by atoms with van der Waals surface area (Å²) in [6.07, 6.45) is 9.86. The Kier molecular flexibility index (Phi) is 5.19. The number of aryl methyl sites for hydroxylation is 2. The lowest BCUT2D eigenvalue weighted by atomic mass is 9.95. The van der Waals surface area contributed by atoms with E-state index in [0.29, 0.717) is 6.04 Å². The number of hydrogen-bond donors (Lipinski definition) is 0. The van der Waals surface area contributed by atoms with Gasteiger partial charge in [0, 0.05) is 28.5 Å². The number of hydrogen-bond acceptors (Lipinski definition) is 2. The molecule has 0 N–H and O–H groups in total. The minimum Gasteiger partial charge on any atom is -0.329 e. The van der Waals surface area contributed by atoms with E-state index < -0.39 is 0 Å². The molecule has 0 spiro atoms. The van der Waals surface area contributed by atoms with Crippen molar-refractivity contribution in [3.8, 4) is 5.69 Å². The van der Waals surface area contributed by atoms with Gasteiger partial charge in [0.15, 0.2) is 0 Å². The molecule has 5 heteroatoms. The number of amides is 1. The molecule has 31 heavy (non-hydrogen) atoms. The molecule has 1 amide bonds. The molecule has 2 aromatic carbocycles. The maximum absolute atomic E-state index is 13.5. The second-order valence-electron chi connectivity index (χ2n) is 8.69. The molecule has 0 aliphatic carbocycles. The molecule has 3 aromatic rings. The third kappa shape index (κ3) is 3.81. The molecule has 0 unspecified atom stereocenters. The summed E-state index contributed by atoms with van der Waals surface area (Å²) in [5.74, 6) is 0.172. The van der Waals surface area contributed by atoms with E-state index in [2.05, 4.69) is 47.1 Å². The predicted octanol–water partition coefficient (Wildman–Crippen LogP) is 6.05.